The van der Waals surface area contributed by atoms with Crippen LogP contribution < -0.4 is 11.1 Å². The molecule has 3 N–H and O–H groups in total. The Morgan fingerprint density at radius 2 is 1.94 bits per heavy atom. The lowest BCUT2D eigenvalue weighted by molar-refractivity contribution is 0.624. The first-order chi connectivity index (χ1) is 8.20. The van der Waals surface area contributed by atoms with Gasteiger partial charge in [0.05, 0.1) is 16.9 Å². The molecule has 2 aromatic carbocycles. The van der Waals surface area contributed by atoms with Crippen LogP contribution in [0.5, 0.6) is 0 Å². The van der Waals surface area contributed by atoms with Crippen LogP contribution >= 0.6 is 0 Å². The fourth-order valence-electron chi connectivity index (χ4n) is 1.46. The second-order valence-corrected chi connectivity index (χ2v) is 3.52. The SMILES string of the molecule is N#Cc1cc(Nc2ccccc2N)ccc1F. The van der Waals surface area contributed by atoms with Crippen molar-refractivity contribution in [2.75, 3.05) is 11.1 Å². The molecule has 2 aromatic rings. The zero-order chi connectivity index (χ0) is 12.3. The molecule has 84 valence electrons. The number of nitrogen functional groups attached to an aromatic ring is 1. The van der Waals surface area contributed by atoms with Gasteiger partial charge in [-0.2, -0.15) is 5.26 Å². The van der Waals surface area contributed by atoms with E-state index in [9.17, 15) is 4.39 Å². The van der Waals surface area contributed by atoms with Crippen molar-refractivity contribution >= 4 is 17.1 Å². The van der Waals surface area contributed by atoms with E-state index in [1.165, 1.54) is 12.1 Å². The van der Waals surface area contributed by atoms with Crippen LogP contribution in [-0.4, -0.2) is 0 Å². The van der Waals surface area contributed by atoms with Gasteiger partial charge in [0.25, 0.3) is 0 Å². The van der Waals surface area contributed by atoms with E-state index in [4.69, 9.17) is 11.0 Å². The van der Waals surface area contributed by atoms with E-state index in [-0.39, 0.29) is 5.56 Å². The molecule has 0 aliphatic carbocycles. The van der Waals surface area contributed by atoms with Gasteiger partial charge in [-0.3, -0.25) is 0 Å². The van der Waals surface area contributed by atoms with Gasteiger partial charge in [-0.1, -0.05) is 12.1 Å². The van der Waals surface area contributed by atoms with E-state index < -0.39 is 5.82 Å². The number of nitriles is 1. The minimum atomic E-state index is -0.529. The molecule has 17 heavy (non-hydrogen) atoms. The topological polar surface area (TPSA) is 61.8 Å². The molecule has 0 saturated carbocycles. The third-order valence-electron chi connectivity index (χ3n) is 2.33. The molecule has 0 atom stereocenters. The molecule has 0 bridgehead atoms. The average molecular weight is 227 g/mol. The summed E-state index contributed by atoms with van der Waals surface area (Å²) in [6, 6.07) is 13.3. The summed E-state index contributed by atoms with van der Waals surface area (Å²) in [7, 11) is 0. The minimum absolute atomic E-state index is 0.00417. The zero-order valence-electron chi connectivity index (χ0n) is 8.94. The molecule has 2 rings (SSSR count). The first-order valence-electron chi connectivity index (χ1n) is 5.02. The number of nitrogens with two attached hydrogens (primary N) is 1. The Hall–Kier alpha value is -2.54. The number of hydrogen-bond acceptors (Lipinski definition) is 3. The van der Waals surface area contributed by atoms with E-state index in [0.717, 1.165) is 5.69 Å². The molecule has 0 aliphatic heterocycles. The maximum absolute atomic E-state index is 13.1. The standard InChI is InChI=1S/C13H10FN3/c14-11-6-5-10(7-9(11)8-15)17-13-4-2-1-3-12(13)16/h1-7,17H,16H2. The monoisotopic (exact) mass is 227 g/mol. The van der Waals surface area contributed by atoms with Crippen LogP contribution in [0.2, 0.25) is 0 Å². The molecule has 0 spiro atoms. The molecule has 0 fully saturated rings. The van der Waals surface area contributed by atoms with Crippen LogP contribution in [0.25, 0.3) is 0 Å². The molecule has 0 aliphatic rings. The number of halogens is 1. The van der Waals surface area contributed by atoms with Crippen molar-refractivity contribution in [3.05, 3.63) is 53.8 Å². The van der Waals surface area contributed by atoms with E-state index >= 15 is 0 Å². The summed E-state index contributed by atoms with van der Waals surface area (Å²) in [5.74, 6) is -0.529. The first-order valence-corrected chi connectivity index (χ1v) is 5.02. The Morgan fingerprint density at radius 3 is 2.65 bits per heavy atom. The number of para-hydroxylation sites is 2. The van der Waals surface area contributed by atoms with Crippen LogP contribution in [0.1, 0.15) is 5.56 Å². The van der Waals surface area contributed by atoms with Gasteiger partial charge in [0, 0.05) is 5.69 Å². The predicted octanol–water partition coefficient (Wildman–Crippen LogP) is 3.02. The minimum Gasteiger partial charge on any atom is -0.397 e. The van der Waals surface area contributed by atoms with Crippen molar-refractivity contribution in [2.24, 2.45) is 0 Å². The molecule has 0 saturated heterocycles. The Labute approximate surface area is 98.3 Å². The van der Waals surface area contributed by atoms with Crippen molar-refractivity contribution in [1.82, 2.24) is 0 Å². The van der Waals surface area contributed by atoms with Gasteiger partial charge in [0.15, 0.2) is 0 Å². The van der Waals surface area contributed by atoms with Crippen LogP contribution in [-0.2, 0) is 0 Å². The van der Waals surface area contributed by atoms with Crippen molar-refractivity contribution in [3.8, 4) is 6.07 Å². The fraction of sp³-hybridized carbons (Fsp3) is 0. The molecule has 0 unspecified atom stereocenters. The van der Waals surface area contributed by atoms with Gasteiger partial charge in [0.1, 0.15) is 11.9 Å². The molecular weight excluding hydrogens is 217 g/mol. The summed E-state index contributed by atoms with van der Waals surface area (Å²) in [4.78, 5) is 0. The van der Waals surface area contributed by atoms with Gasteiger partial charge in [-0.05, 0) is 30.3 Å². The number of benzene rings is 2. The highest BCUT2D eigenvalue weighted by Gasteiger charge is 2.03. The molecule has 0 heterocycles. The Morgan fingerprint density at radius 1 is 1.18 bits per heavy atom. The molecule has 0 radical (unpaired) electrons. The van der Waals surface area contributed by atoms with Crippen molar-refractivity contribution in [2.45, 2.75) is 0 Å². The summed E-state index contributed by atoms with van der Waals surface area (Å²) in [5.41, 5.74) is 7.72. The largest absolute Gasteiger partial charge is 0.397 e. The zero-order valence-corrected chi connectivity index (χ0v) is 8.94. The van der Waals surface area contributed by atoms with Crippen molar-refractivity contribution in [1.29, 1.82) is 5.26 Å². The Kier molecular flexibility index (Phi) is 2.93. The summed E-state index contributed by atoms with van der Waals surface area (Å²) < 4.78 is 13.1. The summed E-state index contributed by atoms with van der Waals surface area (Å²) in [6.07, 6.45) is 0. The molecule has 4 heteroatoms. The number of anilines is 3. The highest BCUT2D eigenvalue weighted by atomic mass is 19.1. The lowest BCUT2D eigenvalue weighted by Crippen LogP contribution is -1.96. The van der Waals surface area contributed by atoms with E-state index in [2.05, 4.69) is 5.32 Å². The number of nitrogens with zero attached hydrogens (tertiary/aromatic N) is 1. The normalized spacial score (nSPS) is 9.65. The van der Waals surface area contributed by atoms with Gasteiger partial charge in [0.2, 0.25) is 0 Å². The quantitative estimate of drug-likeness (QED) is 0.775. The van der Waals surface area contributed by atoms with Gasteiger partial charge in [-0.15, -0.1) is 0 Å². The Bertz CT molecular complexity index is 587. The molecule has 0 aromatic heterocycles. The third kappa shape index (κ3) is 2.34. The lowest BCUT2D eigenvalue weighted by atomic mass is 10.2. The van der Waals surface area contributed by atoms with Gasteiger partial charge in [-0.25, -0.2) is 4.39 Å². The maximum Gasteiger partial charge on any atom is 0.141 e. The summed E-state index contributed by atoms with van der Waals surface area (Å²) in [6.45, 7) is 0. The molecule has 3 nitrogen and oxygen atoms in total. The van der Waals surface area contributed by atoms with Crippen LogP contribution in [0.4, 0.5) is 21.5 Å². The number of hydrogen-bond donors (Lipinski definition) is 2. The highest BCUT2D eigenvalue weighted by molar-refractivity contribution is 5.72. The fourth-order valence-corrected chi connectivity index (χ4v) is 1.46. The van der Waals surface area contributed by atoms with E-state index in [0.29, 0.717) is 11.4 Å². The van der Waals surface area contributed by atoms with Gasteiger partial charge >= 0.3 is 0 Å². The maximum atomic E-state index is 13.1. The summed E-state index contributed by atoms with van der Waals surface area (Å²) >= 11 is 0. The highest BCUT2D eigenvalue weighted by Crippen LogP contribution is 2.23. The summed E-state index contributed by atoms with van der Waals surface area (Å²) in [5, 5.41) is 11.8. The second kappa shape index (κ2) is 4.54. The smallest absolute Gasteiger partial charge is 0.141 e. The van der Waals surface area contributed by atoms with Crippen molar-refractivity contribution in [3.63, 3.8) is 0 Å². The Balaban J connectivity index is 2.32. The van der Waals surface area contributed by atoms with Crippen LogP contribution in [0.3, 0.4) is 0 Å². The first kappa shape index (κ1) is 11.0. The van der Waals surface area contributed by atoms with E-state index in [1.807, 2.05) is 18.2 Å². The van der Waals surface area contributed by atoms with Gasteiger partial charge < -0.3 is 11.1 Å². The lowest BCUT2D eigenvalue weighted by Gasteiger charge is -2.09. The molecule has 0 amide bonds. The van der Waals surface area contributed by atoms with Crippen LogP contribution in [0, 0.1) is 17.1 Å². The number of rotatable bonds is 2. The van der Waals surface area contributed by atoms with Crippen LogP contribution in [0.15, 0.2) is 42.5 Å². The average Bonchev–Trinajstić information content (AvgIpc) is 2.34. The molecular formula is C13H10FN3. The number of nitrogens with one attached hydrogen (secondary N) is 1. The third-order valence-corrected chi connectivity index (χ3v) is 2.33. The van der Waals surface area contributed by atoms with E-state index in [1.54, 1.807) is 18.2 Å². The predicted molar refractivity (Wildman–Crippen MR) is 65.3 cm³/mol. The second-order valence-electron chi connectivity index (χ2n) is 3.52. The van der Waals surface area contributed by atoms with Crippen molar-refractivity contribution < 1.29 is 4.39 Å².